The summed E-state index contributed by atoms with van der Waals surface area (Å²) >= 11 is 0. The van der Waals surface area contributed by atoms with E-state index in [0.29, 0.717) is 12.0 Å². The molecule has 1 heterocycles. The van der Waals surface area contributed by atoms with Crippen molar-refractivity contribution in [3.8, 4) is 0 Å². The van der Waals surface area contributed by atoms with Crippen LogP contribution >= 0.6 is 0 Å². The van der Waals surface area contributed by atoms with Crippen LogP contribution in [0.15, 0.2) is 29.3 Å². The number of rotatable bonds is 7. The number of guanidine groups is 1. The molecule has 0 fully saturated rings. The van der Waals surface area contributed by atoms with E-state index in [-0.39, 0.29) is 0 Å². The maximum Gasteiger partial charge on any atom is 0.191 e. The van der Waals surface area contributed by atoms with Crippen LogP contribution in [0.5, 0.6) is 0 Å². The van der Waals surface area contributed by atoms with E-state index in [9.17, 15) is 0 Å². The van der Waals surface area contributed by atoms with Crippen LogP contribution in [0.3, 0.4) is 0 Å². The molecule has 24 heavy (non-hydrogen) atoms. The molecule has 0 radical (unpaired) electrons. The predicted octanol–water partition coefficient (Wildman–Crippen LogP) is 3.33. The van der Waals surface area contributed by atoms with Gasteiger partial charge in [-0.2, -0.15) is 0 Å². The zero-order valence-corrected chi connectivity index (χ0v) is 15.6. The van der Waals surface area contributed by atoms with Crippen LogP contribution < -0.4 is 10.6 Å². The molecule has 5 heteroatoms. The lowest BCUT2D eigenvalue weighted by Crippen LogP contribution is -2.44. The summed E-state index contributed by atoms with van der Waals surface area (Å²) in [5.41, 5.74) is 2.27. The highest BCUT2D eigenvalue weighted by atomic mass is 15.2. The molecule has 2 rings (SSSR count). The average Bonchev–Trinajstić information content (AvgIpc) is 2.87. The van der Waals surface area contributed by atoms with E-state index in [2.05, 4.69) is 73.0 Å². The number of para-hydroxylation sites is 2. The van der Waals surface area contributed by atoms with Gasteiger partial charge in [-0.3, -0.25) is 4.99 Å². The van der Waals surface area contributed by atoms with Crippen molar-refractivity contribution < 1.29 is 0 Å². The van der Waals surface area contributed by atoms with Crippen LogP contribution in [-0.2, 0) is 6.54 Å². The fourth-order valence-electron chi connectivity index (χ4n) is 2.60. The van der Waals surface area contributed by atoms with Crippen molar-refractivity contribution in [3.63, 3.8) is 0 Å². The van der Waals surface area contributed by atoms with Crippen molar-refractivity contribution in [2.24, 2.45) is 10.9 Å². The van der Waals surface area contributed by atoms with Gasteiger partial charge in [0.05, 0.1) is 11.0 Å². The van der Waals surface area contributed by atoms with E-state index in [1.54, 1.807) is 0 Å². The number of imidazole rings is 1. The Morgan fingerprint density at radius 1 is 1.25 bits per heavy atom. The molecule has 2 aromatic rings. The summed E-state index contributed by atoms with van der Waals surface area (Å²) in [7, 11) is 0. The molecule has 0 spiro atoms. The summed E-state index contributed by atoms with van der Waals surface area (Å²) in [6, 6.07) is 8.71. The highest BCUT2D eigenvalue weighted by Gasteiger charge is 2.09. The van der Waals surface area contributed by atoms with E-state index in [1.807, 2.05) is 6.07 Å². The summed E-state index contributed by atoms with van der Waals surface area (Å²) in [4.78, 5) is 9.32. The molecule has 5 nitrogen and oxygen atoms in total. The SMILES string of the molecule is CCNC(=NCCCn1c(C)nc2ccccc21)NC(C)C(C)C. The first kappa shape index (κ1) is 18.3. The Bertz CT molecular complexity index is 671. The molecular weight excluding hydrogens is 298 g/mol. The van der Waals surface area contributed by atoms with Crippen molar-refractivity contribution in [2.45, 2.75) is 53.6 Å². The van der Waals surface area contributed by atoms with E-state index in [4.69, 9.17) is 4.99 Å². The molecule has 0 saturated carbocycles. The van der Waals surface area contributed by atoms with Crippen molar-refractivity contribution >= 4 is 17.0 Å². The number of fused-ring (bicyclic) bond motifs is 1. The number of benzene rings is 1. The number of aryl methyl sites for hydroxylation is 2. The minimum Gasteiger partial charge on any atom is -0.357 e. The molecule has 1 aromatic heterocycles. The molecule has 0 bridgehead atoms. The molecule has 0 aliphatic heterocycles. The zero-order valence-electron chi connectivity index (χ0n) is 15.6. The Morgan fingerprint density at radius 2 is 2.00 bits per heavy atom. The van der Waals surface area contributed by atoms with Gasteiger partial charge >= 0.3 is 0 Å². The number of hydrogen-bond donors (Lipinski definition) is 2. The minimum absolute atomic E-state index is 0.405. The standard InChI is InChI=1S/C19H31N5/c1-6-20-19(22-15(4)14(2)3)21-12-9-13-24-16(5)23-17-10-7-8-11-18(17)24/h7-8,10-11,14-15H,6,9,12-13H2,1-5H3,(H2,20,21,22). The Kier molecular flexibility index (Phi) is 6.64. The molecule has 1 aromatic carbocycles. The van der Waals surface area contributed by atoms with Crippen LogP contribution in [0, 0.1) is 12.8 Å². The number of hydrogen-bond acceptors (Lipinski definition) is 2. The molecule has 0 saturated heterocycles. The molecule has 0 aliphatic carbocycles. The van der Waals surface area contributed by atoms with Crippen LogP contribution in [0.4, 0.5) is 0 Å². The summed E-state index contributed by atoms with van der Waals surface area (Å²) in [5, 5.41) is 6.79. The highest BCUT2D eigenvalue weighted by molar-refractivity contribution is 5.80. The number of aliphatic imine (C=N–C) groups is 1. The van der Waals surface area contributed by atoms with Gasteiger partial charge in [0.15, 0.2) is 5.96 Å². The smallest absolute Gasteiger partial charge is 0.191 e. The van der Waals surface area contributed by atoms with E-state index >= 15 is 0 Å². The van der Waals surface area contributed by atoms with Crippen molar-refractivity contribution in [3.05, 3.63) is 30.1 Å². The number of nitrogens with zero attached hydrogens (tertiary/aromatic N) is 3. The third kappa shape index (κ3) is 4.73. The Hall–Kier alpha value is -2.04. The Balaban J connectivity index is 1.94. The van der Waals surface area contributed by atoms with Crippen molar-refractivity contribution in [2.75, 3.05) is 13.1 Å². The van der Waals surface area contributed by atoms with Gasteiger partial charge in [0.25, 0.3) is 0 Å². The molecule has 0 amide bonds. The van der Waals surface area contributed by atoms with E-state index in [1.165, 1.54) is 5.52 Å². The number of aromatic nitrogens is 2. The van der Waals surface area contributed by atoms with E-state index < -0.39 is 0 Å². The maximum atomic E-state index is 4.71. The van der Waals surface area contributed by atoms with Gasteiger partial charge in [-0.1, -0.05) is 26.0 Å². The van der Waals surface area contributed by atoms with Gasteiger partial charge in [-0.25, -0.2) is 4.98 Å². The van der Waals surface area contributed by atoms with Gasteiger partial charge in [-0.15, -0.1) is 0 Å². The van der Waals surface area contributed by atoms with Crippen molar-refractivity contribution in [1.29, 1.82) is 0 Å². The largest absolute Gasteiger partial charge is 0.357 e. The molecule has 132 valence electrons. The summed E-state index contributed by atoms with van der Waals surface area (Å²) in [6.07, 6.45) is 0.994. The summed E-state index contributed by atoms with van der Waals surface area (Å²) < 4.78 is 2.28. The quantitative estimate of drug-likeness (QED) is 0.465. The van der Waals surface area contributed by atoms with Crippen molar-refractivity contribution in [1.82, 2.24) is 20.2 Å². The predicted molar refractivity (Wildman–Crippen MR) is 103 cm³/mol. The Morgan fingerprint density at radius 3 is 2.71 bits per heavy atom. The first-order valence-electron chi connectivity index (χ1n) is 8.99. The summed E-state index contributed by atoms with van der Waals surface area (Å²) in [6.45, 7) is 13.4. The zero-order chi connectivity index (χ0) is 17.5. The van der Waals surface area contributed by atoms with Crippen LogP contribution in [0.1, 0.15) is 39.9 Å². The highest BCUT2D eigenvalue weighted by Crippen LogP contribution is 2.15. The molecule has 2 N–H and O–H groups in total. The van der Waals surface area contributed by atoms with Gasteiger partial charge in [0.1, 0.15) is 5.82 Å². The van der Waals surface area contributed by atoms with Gasteiger partial charge in [0.2, 0.25) is 0 Å². The second-order valence-electron chi connectivity index (χ2n) is 6.59. The van der Waals surface area contributed by atoms with Crippen LogP contribution in [0.25, 0.3) is 11.0 Å². The fraction of sp³-hybridized carbons (Fsp3) is 0.579. The van der Waals surface area contributed by atoms with Gasteiger partial charge < -0.3 is 15.2 Å². The maximum absolute atomic E-state index is 4.71. The lowest BCUT2D eigenvalue weighted by atomic mass is 10.1. The second kappa shape index (κ2) is 8.71. The van der Waals surface area contributed by atoms with Gasteiger partial charge in [0, 0.05) is 25.7 Å². The topological polar surface area (TPSA) is 54.2 Å². The van der Waals surface area contributed by atoms with Crippen LogP contribution in [0.2, 0.25) is 0 Å². The normalized spacial score (nSPS) is 13.5. The average molecular weight is 329 g/mol. The van der Waals surface area contributed by atoms with Crippen LogP contribution in [-0.4, -0.2) is 34.6 Å². The monoisotopic (exact) mass is 329 g/mol. The molecule has 0 aliphatic rings. The second-order valence-corrected chi connectivity index (χ2v) is 6.59. The molecule has 1 atom stereocenters. The lowest BCUT2D eigenvalue weighted by Gasteiger charge is -2.20. The third-order valence-electron chi connectivity index (χ3n) is 4.36. The van der Waals surface area contributed by atoms with Gasteiger partial charge in [-0.05, 0) is 45.2 Å². The number of nitrogens with one attached hydrogen (secondary N) is 2. The molecular formula is C19H31N5. The molecule has 1 unspecified atom stereocenters. The summed E-state index contributed by atoms with van der Waals surface area (Å²) in [5.74, 6) is 2.55. The first-order chi connectivity index (χ1) is 11.5. The third-order valence-corrected chi connectivity index (χ3v) is 4.36. The minimum atomic E-state index is 0.405. The fourth-order valence-corrected chi connectivity index (χ4v) is 2.60. The lowest BCUT2D eigenvalue weighted by molar-refractivity contribution is 0.480. The Labute approximate surface area is 145 Å². The first-order valence-corrected chi connectivity index (χ1v) is 8.99. The van der Waals surface area contributed by atoms with E-state index in [0.717, 1.165) is 43.4 Å².